The third-order valence-electron chi connectivity index (χ3n) is 1.95. The monoisotopic (exact) mass is 191 g/mol. The summed E-state index contributed by atoms with van der Waals surface area (Å²) in [6, 6.07) is 5.33. The predicted molar refractivity (Wildman–Crippen MR) is 57.8 cm³/mol. The lowest BCUT2D eigenvalue weighted by atomic mass is 10.1. The molecule has 0 saturated heterocycles. The summed E-state index contributed by atoms with van der Waals surface area (Å²) in [7, 11) is 0. The van der Waals surface area contributed by atoms with E-state index in [0.717, 1.165) is 5.39 Å². The molecular weight excluding hydrogens is 177 g/mol. The second-order valence-corrected chi connectivity index (χ2v) is 2.79. The smallest absolute Gasteiger partial charge is 0.134 e. The molecule has 0 unspecified atom stereocenters. The van der Waals surface area contributed by atoms with E-state index in [2.05, 4.69) is 4.98 Å². The first-order valence-corrected chi connectivity index (χ1v) is 4.78. The number of halogens is 1. The molecule has 1 aromatic heterocycles. The minimum absolute atomic E-state index is 0.144. The molecule has 0 fully saturated rings. The van der Waals surface area contributed by atoms with Crippen molar-refractivity contribution in [1.29, 1.82) is 0 Å². The second kappa shape index (κ2) is 4.70. The number of pyridine rings is 1. The topological polar surface area (TPSA) is 12.9 Å². The van der Waals surface area contributed by atoms with E-state index in [4.69, 9.17) is 0 Å². The Balaban J connectivity index is 0.000000461. The third-order valence-corrected chi connectivity index (χ3v) is 1.95. The number of hydrogen-bond donors (Lipinski definition) is 0. The fourth-order valence-electron chi connectivity index (χ4n) is 1.24. The molecule has 0 spiro atoms. The zero-order valence-electron chi connectivity index (χ0n) is 8.71. The second-order valence-electron chi connectivity index (χ2n) is 2.79. The van der Waals surface area contributed by atoms with Crippen LogP contribution in [-0.2, 0) is 0 Å². The minimum Gasteiger partial charge on any atom is -0.264 e. The summed E-state index contributed by atoms with van der Waals surface area (Å²) >= 11 is 0. The van der Waals surface area contributed by atoms with Crippen LogP contribution in [0.25, 0.3) is 10.8 Å². The van der Waals surface area contributed by atoms with Gasteiger partial charge in [-0.2, -0.15) is 0 Å². The normalized spacial score (nSPS) is 9.43. The summed E-state index contributed by atoms with van der Waals surface area (Å²) in [5, 5.41) is 1.49. The van der Waals surface area contributed by atoms with Crippen LogP contribution in [0.5, 0.6) is 0 Å². The number of aromatic nitrogens is 1. The molecule has 1 heterocycles. The van der Waals surface area contributed by atoms with Crippen molar-refractivity contribution in [2.24, 2.45) is 0 Å². The molecule has 14 heavy (non-hydrogen) atoms. The molecule has 0 amide bonds. The molecule has 0 radical (unpaired) electrons. The van der Waals surface area contributed by atoms with E-state index in [9.17, 15) is 4.39 Å². The van der Waals surface area contributed by atoms with Crippen molar-refractivity contribution < 1.29 is 4.39 Å². The average Bonchev–Trinajstić information content (AvgIpc) is 2.27. The molecule has 0 N–H and O–H groups in total. The van der Waals surface area contributed by atoms with Crippen LogP contribution in [0.15, 0.2) is 30.6 Å². The van der Waals surface area contributed by atoms with Crippen molar-refractivity contribution in [1.82, 2.24) is 4.98 Å². The standard InChI is InChI=1S/C10H8FN.C2H6/c1-7-2-3-8-6-12-5-4-9(8)10(7)11;1-2/h2-6H,1H3;1-2H3. The molecule has 74 valence electrons. The number of rotatable bonds is 0. The van der Waals surface area contributed by atoms with Crippen LogP contribution in [0.2, 0.25) is 0 Å². The van der Waals surface area contributed by atoms with Crippen LogP contribution < -0.4 is 0 Å². The SMILES string of the molecule is CC.Cc1ccc2cnccc2c1F. The predicted octanol–water partition coefficient (Wildman–Crippen LogP) is 3.71. The van der Waals surface area contributed by atoms with Crippen LogP contribution in [0.3, 0.4) is 0 Å². The quantitative estimate of drug-likeness (QED) is 0.618. The molecule has 0 atom stereocenters. The fraction of sp³-hybridized carbons (Fsp3) is 0.250. The maximum Gasteiger partial charge on any atom is 0.134 e. The van der Waals surface area contributed by atoms with Gasteiger partial charge in [-0.3, -0.25) is 4.98 Å². The van der Waals surface area contributed by atoms with Gasteiger partial charge in [0.05, 0.1) is 0 Å². The summed E-state index contributed by atoms with van der Waals surface area (Å²) in [4.78, 5) is 3.92. The zero-order valence-corrected chi connectivity index (χ0v) is 8.71. The number of fused-ring (bicyclic) bond motifs is 1. The van der Waals surface area contributed by atoms with Crippen LogP contribution in [0, 0.1) is 12.7 Å². The summed E-state index contributed by atoms with van der Waals surface area (Å²) in [5.74, 6) is -0.144. The number of benzene rings is 1. The Labute approximate surface area is 83.6 Å². The Kier molecular flexibility index (Phi) is 3.57. The van der Waals surface area contributed by atoms with Gasteiger partial charge in [0.15, 0.2) is 0 Å². The van der Waals surface area contributed by atoms with Crippen LogP contribution in [-0.4, -0.2) is 4.98 Å². The minimum atomic E-state index is -0.144. The molecule has 0 saturated carbocycles. The van der Waals surface area contributed by atoms with E-state index >= 15 is 0 Å². The number of aryl methyl sites for hydroxylation is 1. The Morgan fingerprint density at radius 1 is 1.14 bits per heavy atom. The van der Waals surface area contributed by atoms with Gasteiger partial charge >= 0.3 is 0 Å². The van der Waals surface area contributed by atoms with Crippen molar-refractivity contribution in [3.05, 3.63) is 42.0 Å². The van der Waals surface area contributed by atoms with Crippen molar-refractivity contribution in [2.75, 3.05) is 0 Å². The molecule has 0 aliphatic rings. The van der Waals surface area contributed by atoms with Gasteiger partial charge in [0.2, 0.25) is 0 Å². The van der Waals surface area contributed by atoms with Gasteiger partial charge in [-0.25, -0.2) is 4.39 Å². The van der Waals surface area contributed by atoms with E-state index in [-0.39, 0.29) is 5.82 Å². The summed E-state index contributed by atoms with van der Waals surface area (Å²) < 4.78 is 13.4. The molecule has 2 aromatic rings. The van der Waals surface area contributed by atoms with Gasteiger partial charge in [-0.05, 0) is 18.6 Å². The molecule has 0 bridgehead atoms. The summed E-state index contributed by atoms with van der Waals surface area (Å²) in [5.41, 5.74) is 0.675. The van der Waals surface area contributed by atoms with Crippen LogP contribution >= 0.6 is 0 Å². The van der Waals surface area contributed by atoms with Crippen molar-refractivity contribution in [3.63, 3.8) is 0 Å². The molecular formula is C12H14FN. The Hall–Kier alpha value is -1.44. The molecule has 2 heteroatoms. The zero-order chi connectivity index (χ0) is 10.6. The van der Waals surface area contributed by atoms with Gasteiger partial charge in [-0.1, -0.05) is 26.0 Å². The molecule has 2 rings (SSSR count). The maximum absolute atomic E-state index is 13.4. The highest BCUT2D eigenvalue weighted by Crippen LogP contribution is 2.18. The highest BCUT2D eigenvalue weighted by Gasteiger charge is 2.01. The fourth-order valence-corrected chi connectivity index (χ4v) is 1.24. The molecule has 0 aliphatic carbocycles. The molecule has 0 aliphatic heterocycles. The first kappa shape index (κ1) is 10.6. The van der Waals surface area contributed by atoms with Gasteiger partial charge in [0.25, 0.3) is 0 Å². The van der Waals surface area contributed by atoms with Crippen molar-refractivity contribution in [3.8, 4) is 0 Å². The van der Waals surface area contributed by atoms with E-state index in [1.807, 2.05) is 19.9 Å². The van der Waals surface area contributed by atoms with Gasteiger partial charge < -0.3 is 0 Å². The lowest BCUT2D eigenvalue weighted by Crippen LogP contribution is -1.84. The highest BCUT2D eigenvalue weighted by molar-refractivity contribution is 5.82. The maximum atomic E-state index is 13.4. The van der Waals surface area contributed by atoms with Crippen molar-refractivity contribution in [2.45, 2.75) is 20.8 Å². The number of hydrogen-bond acceptors (Lipinski definition) is 1. The lowest BCUT2D eigenvalue weighted by Gasteiger charge is -2.00. The van der Waals surface area contributed by atoms with E-state index < -0.39 is 0 Å². The van der Waals surface area contributed by atoms with Crippen LogP contribution in [0.1, 0.15) is 19.4 Å². The average molecular weight is 191 g/mol. The first-order chi connectivity index (χ1) is 6.79. The Bertz CT molecular complexity index is 424. The van der Waals surface area contributed by atoms with E-state index in [0.29, 0.717) is 10.9 Å². The van der Waals surface area contributed by atoms with Gasteiger partial charge in [0.1, 0.15) is 5.82 Å². The largest absolute Gasteiger partial charge is 0.264 e. The number of nitrogens with zero attached hydrogens (tertiary/aromatic N) is 1. The highest BCUT2D eigenvalue weighted by atomic mass is 19.1. The van der Waals surface area contributed by atoms with Crippen LogP contribution in [0.4, 0.5) is 4.39 Å². The van der Waals surface area contributed by atoms with Gasteiger partial charge in [-0.15, -0.1) is 0 Å². The van der Waals surface area contributed by atoms with E-state index in [1.165, 1.54) is 0 Å². The first-order valence-electron chi connectivity index (χ1n) is 4.78. The molecule has 1 nitrogen and oxygen atoms in total. The summed E-state index contributed by atoms with van der Waals surface area (Å²) in [6.45, 7) is 5.76. The van der Waals surface area contributed by atoms with E-state index in [1.54, 1.807) is 31.5 Å². The Morgan fingerprint density at radius 3 is 2.57 bits per heavy atom. The van der Waals surface area contributed by atoms with Crippen molar-refractivity contribution >= 4 is 10.8 Å². The lowest BCUT2D eigenvalue weighted by molar-refractivity contribution is 0.630. The Morgan fingerprint density at radius 2 is 1.86 bits per heavy atom. The third kappa shape index (κ3) is 1.90. The molecule has 1 aromatic carbocycles. The van der Waals surface area contributed by atoms with Gasteiger partial charge in [0, 0.05) is 23.2 Å². The summed E-state index contributed by atoms with van der Waals surface area (Å²) in [6.07, 6.45) is 3.27.